The highest BCUT2D eigenvalue weighted by Gasteiger charge is 2.04. The number of nitrogens with two attached hydrogens (primary N) is 1. The summed E-state index contributed by atoms with van der Waals surface area (Å²) in [7, 11) is 0. The third kappa shape index (κ3) is 3.32. The monoisotopic (exact) mass is 269 g/mol. The van der Waals surface area contributed by atoms with Gasteiger partial charge in [-0.15, -0.1) is 0 Å². The molecule has 0 saturated carbocycles. The summed E-state index contributed by atoms with van der Waals surface area (Å²) in [6, 6.07) is 12.6. The summed E-state index contributed by atoms with van der Waals surface area (Å²) in [5.41, 5.74) is 11.4. The molecule has 0 amide bonds. The molecule has 0 fully saturated rings. The number of aryl methyl sites for hydroxylation is 2. The molecule has 2 rings (SSSR count). The van der Waals surface area contributed by atoms with Crippen LogP contribution in [0.3, 0.4) is 0 Å². The zero-order valence-electron chi connectivity index (χ0n) is 12.7. The van der Waals surface area contributed by atoms with Crippen molar-refractivity contribution in [3.05, 3.63) is 58.7 Å². The minimum Gasteiger partial charge on any atom is -0.489 e. The molecular weight excluding hydrogens is 246 g/mol. The van der Waals surface area contributed by atoms with Gasteiger partial charge in [0.05, 0.1) is 0 Å². The van der Waals surface area contributed by atoms with E-state index in [1.54, 1.807) is 0 Å². The van der Waals surface area contributed by atoms with E-state index < -0.39 is 0 Å². The summed E-state index contributed by atoms with van der Waals surface area (Å²) < 4.78 is 5.90. The van der Waals surface area contributed by atoms with Gasteiger partial charge in [0.1, 0.15) is 12.4 Å². The molecule has 0 aliphatic heterocycles. The summed E-state index contributed by atoms with van der Waals surface area (Å²) >= 11 is 0. The first kappa shape index (κ1) is 14.4. The fourth-order valence-corrected chi connectivity index (χ4v) is 2.13. The van der Waals surface area contributed by atoms with Crippen molar-refractivity contribution in [2.75, 3.05) is 5.73 Å². The van der Waals surface area contributed by atoms with Crippen LogP contribution in [-0.2, 0) is 6.61 Å². The second-order valence-electron chi connectivity index (χ2n) is 5.66. The summed E-state index contributed by atoms with van der Waals surface area (Å²) in [6.45, 7) is 9.01. The molecule has 2 heteroatoms. The van der Waals surface area contributed by atoms with Gasteiger partial charge in [-0.1, -0.05) is 38.1 Å². The molecule has 106 valence electrons. The maximum Gasteiger partial charge on any atom is 0.123 e. The van der Waals surface area contributed by atoms with Gasteiger partial charge in [-0.05, 0) is 54.2 Å². The smallest absolute Gasteiger partial charge is 0.123 e. The first-order valence-corrected chi connectivity index (χ1v) is 7.05. The molecule has 0 heterocycles. The number of rotatable bonds is 4. The van der Waals surface area contributed by atoms with Crippen molar-refractivity contribution < 1.29 is 4.74 Å². The van der Waals surface area contributed by atoms with Crippen LogP contribution in [0.5, 0.6) is 5.75 Å². The maximum atomic E-state index is 5.90. The number of hydrogen-bond donors (Lipinski definition) is 1. The summed E-state index contributed by atoms with van der Waals surface area (Å²) in [5.74, 6) is 1.47. The highest BCUT2D eigenvalue weighted by molar-refractivity contribution is 5.53. The maximum absolute atomic E-state index is 5.90. The third-order valence-electron chi connectivity index (χ3n) is 3.60. The van der Waals surface area contributed by atoms with Gasteiger partial charge in [-0.2, -0.15) is 0 Å². The normalized spacial score (nSPS) is 10.8. The Morgan fingerprint density at radius 2 is 1.65 bits per heavy atom. The molecular formula is C18H23NO. The van der Waals surface area contributed by atoms with Crippen molar-refractivity contribution in [1.29, 1.82) is 0 Å². The summed E-state index contributed by atoms with van der Waals surface area (Å²) in [5, 5.41) is 0. The fraction of sp³-hybridized carbons (Fsp3) is 0.333. The van der Waals surface area contributed by atoms with Crippen LogP contribution in [0.2, 0.25) is 0 Å². The van der Waals surface area contributed by atoms with Crippen molar-refractivity contribution in [2.24, 2.45) is 0 Å². The van der Waals surface area contributed by atoms with Crippen LogP contribution < -0.4 is 10.5 Å². The lowest BCUT2D eigenvalue weighted by atomic mass is 10.0. The number of hydrogen-bond acceptors (Lipinski definition) is 2. The molecule has 2 N–H and O–H groups in total. The minimum absolute atomic E-state index is 0.562. The van der Waals surface area contributed by atoms with E-state index in [-0.39, 0.29) is 0 Å². The Balaban J connectivity index is 2.07. The first-order valence-electron chi connectivity index (χ1n) is 7.05. The average molecular weight is 269 g/mol. The summed E-state index contributed by atoms with van der Waals surface area (Å²) in [4.78, 5) is 0. The van der Waals surface area contributed by atoms with Crippen LogP contribution in [0.1, 0.15) is 42.0 Å². The number of nitrogen functional groups attached to an aromatic ring is 1. The lowest BCUT2D eigenvalue weighted by Crippen LogP contribution is -1.99. The second-order valence-corrected chi connectivity index (χ2v) is 5.66. The molecule has 0 bridgehead atoms. The van der Waals surface area contributed by atoms with Gasteiger partial charge in [0.15, 0.2) is 0 Å². The summed E-state index contributed by atoms with van der Waals surface area (Å²) in [6.07, 6.45) is 0. The quantitative estimate of drug-likeness (QED) is 0.824. The Kier molecular flexibility index (Phi) is 4.33. The molecule has 0 aromatic heterocycles. The van der Waals surface area contributed by atoms with Crippen molar-refractivity contribution in [3.63, 3.8) is 0 Å². The largest absolute Gasteiger partial charge is 0.489 e. The van der Waals surface area contributed by atoms with Crippen molar-refractivity contribution in [3.8, 4) is 5.75 Å². The van der Waals surface area contributed by atoms with Crippen molar-refractivity contribution in [2.45, 2.75) is 40.2 Å². The van der Waals surface area contributed by atoms with Crippen LogP contribution in [0.25, 0.3) is 0 Å². The van der Waals surface area contributed by atoms with Crippen LogP contribution in [0.15, 0.2) is 36.4 Å². The van der Waals surface area contributed by atoms with Gasteiger partial charge < -0.3 is 10.5 Å². The van der Waals surface area contributed by atoms with Gasteiger partial charge in [-0.25, -0.2) is 0 Å². The fourth-order valence-electron chi connectivity index (χ4n) is 2.13. The first-order chi connectivity index (χ1) is 9.47. The lowest BCUT2D eigenvalue weighted by molar-refractivity contribution is 0.304. The molecule has 0 spiro atoms. The van der Waals surface area contributed by atoms with E-state index in [9.17, 15) is 0 Å². The molecule has 2 nitrogen and oxygen atoms in total. The Morgan fingerprint density at radius 1 is 1.00 bits per heavy atom. The van der Waals surface area contributed by atoms with E-state index in [0.717, 1.165) is 22.6 Å². The van der Waals surface area contributed by atoms with E-state index in [4.69, 9.17) is 10.5 Å². The molecule has 0 aliphatic carbocycles. The highest BCUT2D eigenvalue weighted by Crippen LogP contribution is 2.25. The lowest BCUT2D eigenvalue weighted by Gasteiger charge is -2.12. The Hall–Kier alpha value is -1.96. The highest BCUT2D eigenvalue weighted by atomic mass is 16.5. The molecule has 0 radical (unpaired) electrons. The molecule has 0 saturated heterocycles. The number of benzene rings is 2. The predicted octanol–water partition coefficient (Wildman–Crippen LogP) is 4.59. The van der Waals surface area contributed by atoms with E-state index in [1.165, 1.54) is 11.1 Å². The van der Waals surface area contributed by atoms with Gasteiger partial charge in [0.2, 0.25) is 0 Å². The Bertz CT molecular complexity index is 585. The third-order valence-corrected chi connectivity index (χ3v) is 3.60. The van der Waals surface area contributed by atoms with E-state index in [1.807, 2.05) is 26.0 Å². The zero-order chi connectivity index (χ0) is 14.7. The molecule has 0 unspecified atom stereocenters. The second kappa shape index (κ2) is 6.00. The Morgan fingerprint density at radius 3 is 2.25 bits per heavy atom. The molecule has 2 aromatic carbocycles. The van der Waals surface area contributed by atoms with Gasteiger partial charge in [-0.3, -0.25) is 0 Å². The number of ether oxygens (including phenoxy) is 1. The van der Waals surface area contributed by atoms with Crippen molar-refractivity contribution >= 4 is 5.69 Å². The van der Waals surface area contributed by atoms with Crippen LogP contribution in [0.4, 0.5) is 5.69 Å². The van der Waals surface area contributed by atoms with Gasteiger partial charge >= 0.3 is 0 Å². The van der Waals surface area contributed by atoms with Crippen LogP contribution in [0, 0.1) is 13.8 Å². The topological polar surface area (TPSA) is 35.2 Å². The predicted molar refractivity (Wildman–Crippen MR) is 85.2 cm³/mol. The Labute approximate surface area is 121 Å². The van der Waals surface area contributed by atoms with Crippen LogP contribution >= 0.6 is 0 Å². The average Bonchev–Trinajstić information content (AvgIpc) is 2.42. The molecule has 0 aliphatic rings. The SMILES string of the molecule is Cc1cc(OCc2ccc(C(C)C)cc2)c(C)cc1N. The van der Waals surface area contributed by atoms with E-state index in [0.29, 0.717) is 12.5 Å². The standard InChI is InChI=1S/C18H23NO/c1-12(2)16-7-5-15(6-8-16)11-20-18-10-13(3)17(19)9-14(18)4/h5-10,12H,11,19H2,1-4H3. The molecule has 0 atom stereocenters. The van der Waals surface area contributed by atoms with Crippen LogP contribution in [-0.4, -0.2) is 0 Å². The molecule has 20 heavy (non-hydrogen) atoms. The molecule has 2 aromatic rings. The van der Waals surface area contributed by atoms with E-state index >= 15 is 0 Å². The van der Waals surface area contributed by atoms with Gasteiger partial charge in [0, 0.05) is 5.69 Å². The zero-order valence-corrected chi connectivity index (χ0v) is 12.7. The number of anilines is 1. The van der Waals surface area contributed by atoms with E-state index in [2.05, 4.69) is 38.1 Å². The minimum atomic E-state index is 0.562. The van der Waals surface area contributed by atoms with Crippen molar-refractivity contribution in [1.82, 2.24) is 0 Å². The van der Waals surface area contributed by atoms with Gasteiger partial charge in [0.25, 0.3) is 0 Å².